The second kappa shape index (κ2) is 8.48. The van der Waals surface area contributed by atoms with Gasteiger partial charge in [0.2, 0.25) is 11.8 Å². The van der Waals surface area contributed by atoms with Crippen molar-refractivity contribution in [3.8, 4) is 6.07 Å². The molecule has 7 rings (SSSR count). The molecule has 2 bridgehead atoms. The number of ether oxygens (including phenoxy) is 1. The van der Waals surface area contributed by atoms with Gasteiger partial charge in [-0.1, -0.05) is 23.4 Å². The molecule has 0 radical (unpaired) electrons. The van der Waals surface area contributed by atoms with Gasteiger partial charge in [-0.05, 0) is 68.7 Å². The molecule has 10 heteroatoms. The number of carbonyl (C=O) groups excluding carboxylic acids is 2. The summed E-state index contributed by atoms with van der Waals surface area (Å²) in [4.78, 5) is 38.3. The molecule has 0 aliphatic carbocycles. The summed E-state index contributed by atoms with van der Waals surface area (Å²) in [5, 5.41) is 10.8. The van der Waals surface area contributed by atoms with E-state index < -0.39 is 23.0 Å². The quantitative estimate of drug-likeness (QED) is 0.219. The Balaban J connectivity index is 1.19. The van der Waals surface area contributed by atoms with Crippen molar-refractivity contribution in [1.82, 2.24) is 9.97 Å². The molecule has 0 spiro atoms. The summed E-state index contributed by atoms with van der Waals surface area (Å²) in [5.41, 5.74) is 0.893. The number of rotatable bonds is 5. The lowest BCUT2D eigenvalue weighted by molar-refractivity contribution is -0.130. The van der Waals surface area contributed by atoms with Crippen molar-refractivity contribution in [2.24, 2.45) is 11.8 Å². The summed E-state index contributed by atoms with van der Waals surface area (Å²) in [5.74, 6) is -0.794. The van der Waals surface area contributed by atoms with E-state index in [1.165, 1.54) is 4.90 Å². The number of thioether (sulfide) groups is 1. The van der Waals surface area contributed by atoms with Crippen LogP contribution in [0.4, 0.5) is 5.69 Å². The Morgan fingerprint density at radius 1 is 1.21 bits per heavy atom. The monoisotopic (exact) mass is 560 g/mol. The second-order valence-electron chi connectivity index (χ2n) is 10.3. The lowest BCUT2D eigenvalue weighted by atomic mass is 9.67. The zero-order valence-electron chi connectivity index (χ0n) is 20.3. The van der Waals surface area contributed by atoms with Crippen molar-refractivity contribution in [2.75, 3.05) is 10.7 Å². The molecule has 0 unspecified atom stereocenters. The molecule has 2 aromatic carbocycles. The van der Waals surface area contributed by atoms with Gasteiger partial charge in [0.1, 0.15) is 6.07 Å². The molecule has 3 aliphatic heterocycles. The Hall–Kier alpha value is -3.03. The van der Waals surface area contributed by atoms with E-state index >= 15 is 0 Å². The maximum Gasteiger partial charge on any atom is 0.240 e. The molecule has 5 heterocycles. The summed E-state index contributed by atoms with van der Waals surface area (Å²) in [6.45, 7) is 1.97. The predicted octanol–water partition coefficient (Wildman–Crippen LogP) is 5.98. The number of benzene rings is 2. The Labute approximate surface area is 231 Å². The minimum Gasteiger partial charge on any atom is -0.367 e. The molecule has 4 atom stereocenters. The van der Waals surface area contributed by atoms with E-state index in [1.807, 2.05) is 25.1 Å². The van der Waals surface area contributed by atoms with Gasteiger partial charge in [0, 0.05) is 22.4 Å². The van der Waals surface area contributed by atoms with Gasteiger partial charge in [0.15, 0.2) is 4.34 Å². The van der Waals surface area contributed by atoms with E-state index in [4.69, 9.17) is 21.3 Å². The van der Waals surface area contributed by atoms with E-state index in [0.717, 1.165) is 33.2 Å². The average molecular weight is 561 g/mol. The van der Waals surface area contributed by atoms with Crippen molar-refractivity contribution in [3.63, 3.8) is 0 Å². The van der Waals surface area contributed by atoms with Crippen LogP contribution < -0.4 is 4.90 Å². The molecule has 3 fully saturated rings. The minimum atomic E-state index is -0.686. The van der Waals surface area contributed by atoms with Gasteiger partial charge in [-0.25, -0.2) is 9.88 Å². The molecule has 3 aliphatic rings. The maximum absolute atomic E-state index is 14.0. The number of halogens is 1. The first-order valence-corrected chi connectivity index (χ1v) is 14.6. The predicted molar refractivity (Wildman–Crippen MR) is 147 cm³/mol. The standard InChI is InChI=1S/C28H21ClN4O3S2/c1-27-8-9-28(36-27,10-12-37-26-32-18-13-16(29)5-7-20(18)38-26)22-21(27)24(34)33(25(22)35)19-6-4-15(14-30)23-17(19)3-2-11-31-23/h2-7,11,13,21-22H,8-10,12H2,1H3/t21-,22+,27-,28-/m1/s1. The van der Waals surface area contributed by atoms with Crippen molar-refractivity contribution >= 4 is 73.3 Å². The molecular weight excluding hydrogens is 540 g/mol. The maximum atomic E-state index is 14.0. The van der Waals surface area contributed by atoms with Gasteiger partial charge in [0.05, 0.1) is 50.0 Å². The highest BCUT2D eigenvalue weighted by atomic mass is 35.5. The molecule has 3 saturated heterocycles. The largest absolute Gasteiger partial charge is 0.367 e. The number of fused-ring (bicyclic) bond motifs is 7. The number of thiazole rings is 1. The highest BCUT2D eigenvalue weighted by Gasteiger charge is 2.73. The highest BCUT2D eigenvalue weighted by molar-refractivity contribution is 8.01. The van der Waals surface area contributed by atoms with Gasteiger partial charge in [-0.15, -0.1) is 11.3 Å². The number of pyridine rings is 1. The number of anilines is 1. The van der Waals surface area contributed by atoms with Crippen LogP contribution in [-0.4, -0.2) is 38.7 Å². The van der Waals surface area contributed by atoms with Gasteiger partial charge in [0.25, 0.3) is 0 Å². The molecule has 2 aromatic heterocycles. The fourth-order valence-corrected chi connectivity index (χ4v) is 8.93. The first kappa shape index (κ1) is 24.0. The summed E-state index contributed by atoms with van der Waals surface area (Å²) in [7, 11) is 0. The molecule has 0 N–H and O–H groups in total. The summed E-state index contributed by atoms with van der Waals surface area (Å²) < 4.78 is 8.63. The fourth-order valence-electron chi connectivity index (χ4n) is 6.54. The topological polar surface area (TPSA) is 96.2 Å². The van der Waals surface area contributed by atoms with Crippen LogP contribution in [0.3, 0.4) is 0 Å². The third kappa shape index (κ3) is 3.37. The molecule has 190 valence electrons. The second-order valence-corrected chi connectivity index (χ2v) is 13.1. The third-order valence-electron chi connectivity index (χ3n) is 8.20. The van der Waals surface area contributed by atoms with Crippen LogP contribution in [0.1, 0.15) is 31.7 Å². The highest BCUT2D eigenvalue weighted by Crippen LogP contribution is 2.62. The zero-order valence-corrected chi connectivity index (χ0v) is 22.7. The number of nitriles is 1. The van der Waals surface area contributed by atoms with Gasteiger partial charge >= 0.3 is 0 Å². The number of aromatic nitrogens is 2. The van der Waals surface area contributed by atoms with Crippen LogP contribution in [-0.2, 0) is 14.3 Å². The van der Waals surface area contributed by atoms with Crippen LogP contribution in [0.2, 0.25) is 5.02 Å². The Bertz CT molecular complexity index is 1720. The van der Waals surface area contributed by atoms with Crippen molar-refractivity contribution in [3.05, 3.63) is 59.2 Å². The van der Waals surface area contributed by atoms with E-state index in [9.17, 15) is 14.9 Å². The van der Waals surface area contributed by atoms with Crippen LogP contribution in [0.5, 0.6) is 0 Å². The summed E-state index contributed by atoms with van der Waals surface area (Å²) >= 11 is 9.38. The number of imide groups is 1. The number of nitrogens with zero attached hydrogens (tertiary/aromatic N) is 4. The van der Waals surface area contributed by atoms with Crippen molar-refractivity contribution in [2.45, 2.75) is 41.7 Å². The van der Waals surface area contributed by atoms with Crippen LogP contribution in [0.25, 0.3) is 21.1 Å². The smallest absolute Gasteiger partial charge is 0.240 e. The van der Waals surface area contributed by atoms with Crippen molar-refractivity contribution in [1.29, 1.82) is 5.26 Å². The first-order valence-electron chi connectivity index (χ1n) is 12.4. The number of hydrogen-bond acceptors (Lipinski definition) is 8. The van der Waals surface area contributed by atoms with Crippen LogP contribution in [0.15, 0.2) is 53.0 Å². The Kier molecular flexibility index (Phi) is 5.37. The number of hydrogen-bond donors (Lipinski definition) is 0. The van der Waals surface area contributed by atoms with Crippen LogP contribution >= 0.6 is 34.7 Å². The van der Waals surface area contributed by atoms with E-state index in [1.54, 1.807) is 53.6 Å². The Morgan fingerprint density at radius 2 is 2.05 bits per heavy atom. The molecule has 2 amide bonds. The number of amides is 2. The summed E-state index contributed by atoms with van der Waals surface area (Å²) in [6, 6.07) is 14.7. The third-order valence-corrected chi connectivity index (χ3v) is 10.6. The lowest BCUT2D eigenvalue weighted by Crippen LogP contribution is -2.42. The Morgan fingerprint density at radius 3 is 2.89 bits per heavy atom. The molecule has 7 nitrogen and oxygen atoms in total. The zero-order chi connectivity index (χ0) is 26.2. The van der Waals surface area contributed by atoms with Crippen LogP contribution in [0, 0.1) is 23.2 Å². The van der Waals surface area contributed by atoms with Gasteiger partial charge in [-0.2, -0.15) is 5.26 Å². The van der Waals surface area contributed by atoms with E-state index in [-0.39, 0.29) is 11.8 Å². The first-order chi connectivity index (χ1) is 18.3. The molecular formula is C28H21ClN4O3S2. The number of carbonyl (C=O) groups is 2. The lowest BCUT2D eigenvalue weighted by Gasteiger charge is -2.31. The molecule has 4 aromatic rings. The SMILES string of the molecule is C[C@]12CC[C@](CCSc3nc4cc(Cl)ccc4s3)(O1)[C@@H]1C(=O)N(c3ccc(C#N)c4ncccc34)C(=O)[C@@H]12. The van der Waals surface area contributed by atoms with E-state index in [2.05, 4.69) is 11.1 Å². The van der Waals surface area contributed by atoms with Crippen molar-refractivity contribution < 1.29 is 14.3 Å². The van der Waals surface area contributed by atoms with Gasteiger partial charge in [-0.3, -0.25) is 14.6 Å². The average Bonchev–Trinajstić information content (AvgIpc) is 3.61. The normalized spacial score (nSPS) is 28.0. The summed E-state index contributed by atoms with van der Waals surface area (Å²) in [6.07, 6.45) is 3.73. The molecule has 0 saturated carbocycles. The molecule has 38 heavy (non-hydrogen) atoms. The van der Waals surface area contributed by atoms with E-state index in [0.29, 0.717) is 33.6 Å². The minimum absolute atomic E-state index is 0.224. The fraction of sp³-hybridized carbons (Fsp3) is 0.321. The van der Waals surface area contributed by atoms with Gasteiger partial charge < -0.3 is 4.74 Å².